The van der Waals surface area contributed by atoms with Crippen LogP contribution in [-0.2, 0) is 38.1 Å². The van der Waals surface area contributed by atoms with Crippen LogP contribution in [0, 0.1) is 0 Å². The molecule has 0 radical (unpaired) electrons. The monoisotopic (exact) mass is 467 g/mol. The van der Waals surface area contributed by atoms with E-state index in [1.165, 1.54) is 39.0 Å². The molecule has 0 spiro atoms. The van der Waals surface area contributed by atoms with Crippen molar-refractivity contribution in [3.8, 4) is 5.75 Å². The van der Waals surface area contributed by atoms with E-state index < -0.39 is 54.4 Å². The van der Waals surface area contributed by atoms with Gasteiger partial charge >= 0.3 is 23.9 Å². The Hall–Kier alpha value is -3.67. The summed E-state index contributed by atoms with van der Waals surface area (Å²) in [6.45, 7) is 4.58. The van der Waals surface area contributed by atoms with Crippen LogP contribution < -0.4 is 10.1 Å². The van der Waals surface area contributed by atoms with Gasteiger partial charge in [0.25, 0.3) is 0 Å². The fraction of sp³-hybridized carbons (Fsp3) is 0.476. The van der Waals surface area contributed by atoms with Crippen LogP contribution >= 0.6 is 0 Å². The van der Waals surface area contributed by atoms with E-state index in [9.17, 15) is 29.1 Å². The van der Waals surface area contributed by atoms with Gasteiger partial charge in [-0.05, 0) is 18.2 Å². The zero-order valence-electron chi connectivity index (χ0n) is 18.5. The molecule has 0 bridgehead atoms. The van der Waals surface area contributed by atoms with Crippen molar-refractivity contribution in [2.45, 2.75) is 58.7 Å². The highest BCUT2D eigenvalue weighted by Crippen LogP contribution is 2.32. The van der Waals surface area contributed by atoms with E-state index in [1.807, 2.05) is 0 Å². The van der Waals surface area contributed by atoms with E-state index in [0.717, 1.165) is 6.92 Å². The molecule has 1 fully saturated rings. The van der Waals surface area contributed by atoms with Gasteiger partial charge in [-0.3, -0.25) is 19.2 Å². The minimum absolute atomic E-state index is 0.00654. The SMILES string of the molecule is CC(=O)Nc1cc(C(=O)O)ccc1OC1OC(COC(C)=O)CC(OC(C)=O)C1OC(C)=O. The molecule has 1 aliphatic rings. The van der Waals surface area contributed by atoms with Crippen LogP contribution in [-0.4, -0.2) is 66.1 Å². The number of aromatic carboxylic acids is 1. The molecule has 0 saturated carbocycles. The van der Waals surface area contributed by atoms with Gasteiger partial charge in [0.2, 0.25) is 18.3 Å². The normalized spacial score (nSPS) is 21.9. The summed E-state index contributed by atoms with van der Waals surface area (Å²) in [7, 11) is 0. The van der Waals surface area contributed by atoms with Crippen LogP contribution in [0.2, 0.25) is 0 Å². The zero-order valence-corrected chi connectivity index (χ0v) is 18.5. The fourth-order valence-corrected chi connectivity index (χ4v) is 3.13. The molecule has 1 saturated heterocycles. The molecule has 1 amide bonds. The first kappa shape index (κ1) is 25.6. The number of amides is 1. The molecule has 0 aromatic heterocycles. The van der Waals surface area contributed by atoms with Gasteiger partial charge in [0.05, 0.1) is 17.4 Å². The second-order valence-electron chi connectivity index (χ2n) is 7.20. The lowest BCUT2D eigenvalue weighted by Gasteiger charge is -2.40. The van der Waals surface area contributed by atoms with E-state index >= 15 is 0 Å². The van der Waals surface area contributed by atoms with E-state index in [0.29, 0.717) is 0 Å². The van der Waals surface area contributed by atoms with Crippen molar-refractivity contribution >= 4 is 35.5 Å². The molecule has 1 aliphatic heterocycles. The summed E-state index contributed by atoms with van der Waals surface area (Å²) >= 11 is 0. The second kappa shape index (κ2) is 11.3. The molecule has 1 heterocycles. The lowest BCUT2D eigenvalue weighted by molar-refractivity contribution is -0.254. The van der Waals surface area contributed by atoms with Gasteiger partial charge in [-0.1, -0.05) is 0 Å². The van der Waals surface area contributed by atoms with Crippen molar-refractivity contribution in [1.29, 1.82) is 0 Å². The first-order chi connectivity index (χ1) is 15.5. The molecule has 2 rings (SSSR count). The summed E-state index contributed by atoms with van der Waals surface area (Å²) in [4.78, 5) is 57.4. The van der Waals surface area contributed by atoms with Gasteiger partial charge in [-0.25, -0.2) is 4.79 Å². The molecule has 12 heteroatoms. The van der Waals surface area contributed by atoms with Gasteiger partial charge in [0.15, 0.2) is 0 Å². The summed E-state index contributed by atoms with van der Waals surface area (Å²) in [6.07, 6.45) is -4.29. The number of esters is 3. The van der Waals surface area contributed by atoms with Gasteiger partial charge in [0, 0.05) is 34.1 Å². The molecular formula is C21H25NO11. The molecule has 12 nitrogen and oxygen atoms in total. The van der Waals surface area contributed by atoms with Gasteiger partial charge < -0.3 is 34.1 Å². The number of nitrogens with one attached hydrogen (secondary N) is 1. The third kappa shape index (κ3) is 7.75. The van der Waals surface area contributed by atoms with E-state index in [4.69, 9.17) is 23.7 Å². The Kier molecular flexibility index (Phi) is 8.74. The van der Waals surface area contributed by atoms with E-state index in [1.54, 1.807) is 0 Å². The standard InChI is InChI=1S/C21H25NO11/c1-10(23)22-16-7-14(20(27)28)5-6-17(16)33-21-19(31-13(4)26)18(30-12(3)25)8-15(32-21)9-29-11(2)24/h5-7,15,18-19,21H,8-9H2,1-4H3,(H,22,23)(H,27,28). The van der Waals surface area contributed by atoms with Gasteiger partial charge in [-0.2, -0.15) is 0 Å². The largest absolute Gasteiger partial charge is 0.478 e. The van der Waals surface area contributed by atoms with Crippen LogP contribution in [0.3, 0.4) is 0 Å². The summed E-state index contributed by atoms with van der Waals surface area (Å²) in [5.74, 6) is -3.61. The minimum atomic E-state index is -1.35. The molecule has 1 aromatic rings. The lowest BCUT2D eigenvalue weighted by atomic mass is 10.0. The number of carbonyl (C=O) groups excluding carboxylic acids is 4. The molecular weight excluding hydrogens is 442 g/mol. The van der Waals surface area contributed by atoms with Crippen molar-refractivity contribution in [3.05, 3.63) is 23.8 Å². The van der Waals surface area contributed by atoms with Crippen molar-refractivity contribution in [2.24, 2.45) is 0 Å². The third-order valence-corrected chi connectivity index (χ3v) is 4.33. The van der Waals surface area contributed by atoms with Crippen molar-refractivity contribution in [2.75, 3.05) is 11.9 Å². The second-order valence-corrected chi connectivity index (χ2v) is 7.20. The molecule has 4 atom stereocenters. The maximum Gasteiger partial charge on any atom is 0.335 e. The number of carboxylic acid groups (broad SMARTS) is 1. The third-order valence-electron chi connectivity index (χ3n) is 4.33. The zero-order chi connectivity index (χ0) is 24.7. The molecule has 1 aromatic carbocycles. The van der Waals surface area contributed by atoms with Crippen LogP contribution in [0.25, 0.3) is 0 Å². The van der Waals surface area contributed by atoms with Crippen LogP contribution in [0.4, 0.5) is 5.69 Å². The Labute approximate surface area is 189 Å². The van der Waals surface area contributed by atoms with E-state index in [-0.39, 0.29) is 30.0 Å². The fourth-order valence-electron chi connectivity index (χ4n) is 3.13. The Morgan fingerprint density at radius 1 is 1.03 bits per heavy atom. The summed E-state index contributed by atoms with van der Waals surface area (Å²) in [5.41, 5.74) is -0.0866. The Balaban J connectivity index is 2.41. The molecule has 4 unspecified atom stereocenters. The van der Waals surface area contributed by atoms with Gasteiger partial charge in [-0.15, -0.1) is 0 Å². The number of rotatable bonds is 8. The number of hydrogen-bond donors (Lipinski definition) is 2. The molecule has 33 heavy (non-hydrogen) atoms. The van der Waals surface area contributed by atoms with Crippen molar-refractivity contribution < 1.29 is 52.8 Å². The smallest absolute Gasteiger partial charge is 0.335 e. The molecule has 2 N–H and O–H groups in total. The Bertz CT molecular complexity index is 929. The van der Waals surface area contributed by atoms with Crippen molar-refractivity contribution in [3.63, 3.8) is 0 Å². The summed E-state index contributed by atoms with van der Waals surface area (Å²) in [5, 5.41) is 11.7. The highest BCUT2D eigenvalue weighted by Gasteiger charge is 2.45. The first-order valence-corrected chi connectivity index (χ1v) is 9.91. The summed E-state index contributed by atoms with van der Waals surface area (Å²) in [6, 6.07) is 3.72. The quantitative estimate of drug-likeness (QED) is 0.418. The topological polar surface area (TPSA) is 164 Å². The van der Waals surface area contributed by atoms with Crippen LogP contribution in [0.1, 0.15) is 44.5 Å². The van der Waals surface area contributed by atoms with E-state index in [2.05, 4.69) is 5.32 Å². The Morgan fingerprint density at radius 2 is 1.70 bits per heavy atom. The lowest BCUT2D eigenvalue weighted by Crippen LogP contribution is -2.55. The predicted molar refractivity (Wildman–Crippen MR) is 109 cm³/mol. The number of carboxylic acids is 1. The predicted octanol–water partition coefficient (Wildman–Crippen LogP) is 1.26. The van der Waals surface area contributed by atoms with Gasteiger partial charge in [0.1, 0.15) is 18.5 Å². The highest BCUT2D eigenvalue weighted by atomic mass is 16.7. The maximum absolute atomic E-state index is 11.7. The first-order valence-electron chi connectivity index (χ1n) is 9.91. The minimum Gasteiger partial charge on any atom is -0.478 e. The number of anilines is 1. The number of carbonyl (C=O) groups is 5. The Morgan fingerprint density at radius 3 is 2.24 bits per heavy atom. The van der Waals surface area contributed by atoms with Crippen molar-refractivity contribution in [1.82, 2.24) is 0 Å². The maximum atomic E-state index is 11.7. The van der Waals surface area contributed by atoms with Crippen LogP contribution in [0.5, 0.6) is 5.75 Å². The summed E-state index contributed by atoms with van der Waals surface area (Å²) < 4.78 is 27.2. The number of ether oxygens (including phenoxy) is 5. The number of benzene rings is 1. The average molecular weight is 467 g/mol. The molecule has 180 valence electrons. The van der Waals surface area contributed by atoms with Crippen LogP contribution in [0.15, 0.2) is 18.2 Å². The molecule has 0 aliphatic carbocycles. The number of hydrogen-bond acceptors (Lipinski definition) is 10. The average Bonchev–Trinajstić information content (AvgIpc) is 2.68. The highest BCUT2D eigenvalue weighted by molar-refractivity contribution is 5.94.